The van der Waals surface area contributed by atoms with Gasteiger partial charge in [0.2, 0.25) is 5.28 Å². The van der Waals surface area contributed by atoms with Gasteiger partial charge in [-0.05, 0) is 36.9 Å². The molecule has 3 rings (SSSR count). The van der Waals surface area contributed by atoms with Crippen molar-refractivity contribution in [3.63, 3.8) is 0 Å². The molecule has 7 heteroatoms. The predicted molar refractivity (Wildman–Crippen MR) is 81.3 cm³/mol. The van der Waals surface area contributed by atoms with Crippen LogP contribution in [0.5, 0.6) is 0 Å². The monoisotopic (exact) mass is 310 g/mol. The smallest absolute Gasteiger partial charge is 0.225 e. The van der Waals surface area contributed by atoms with Gasteiger partial charge in [-0.15, -0.1) is 22.7 Å². The maximum absolute atomic E-state index is 5.95. The van der Waals surface area contributed by atoms with Gasteiger partial charge < -0.3 is 5.32 Å². The number of fused-ring (bicyclic) bond motifs is 1. The molecule has 0 amide bonds. The molecule has 3 aromatic heterocycles. The lowest BCUT2D eigenvalue weighted by Gasteiger charge is -2.12. The second-order valence-electron chi connectivity index (χ2n) is 4.17. The largest absolute Gasteiger partial charge is 0.360 e. The Hall–Kier alpha value is -1.24. The van der Waals surface area contributed by atoms with Crippen molar-refractivity contribution in [1.82, 2.24) is 15.0 Å². The second-order valence-corrected chi connectivity index (χ2v) is 6.30. The fourth-order valence-corrected chi connectivity index (χ4v) is 3.56. The van der Waals surface area contributed by atoms with E-state index in [1.165, 1.54) is 0 Å². The summed E-state index contributed by atoms with van der Waals surface area (Å²) in [6, 6.07) is 2.09. The molecule has 1 atom stereocenters. The summed E-state index contributed by atoms with van der Waals surface area (Å²) in [6.07, 6.45) is 0. The first-order chi connectivity index (χ1) is 9.13. The molecule has 0 aliphatic carbocycles. The molecule has 19 heavy (non-hydrogen) atoms. The molecule has 0 aromatic carbocycles. The van der Waals surface area contributed by atoms with E-state index in [1.807, 2.05) is 23.8 Å². The van der Waals surface area contributed by atoms with Gasteiger partial charge in [0, 0.05) is 11.1 Å². The van der Waals surface area contributed by atoms with E-state index < -0.39 is 0 Å². The summed E-state index contributed by atoms with van der Waals surface area (Å²) in [7, 11) is 0. The van der Waals surface area contributed by atoms with Gasteiger partial charge in [0.15, 0.2) is 0 Å². The quantitative estimate of drug-likeness (QED) is 0.733. The summed E-state index contributed by atoms with van der Waals surface area (Å²) in [4.78, 5) is 13.8. The number of halogens is 1. The van der Waals surface area contributed by atoms with Crippen LogP contribution in [0.2, 0.25) is 5.28 Å². The zero-order valence-corrected chi connectivity index (χ0v) is 12.7. The highest BCUT2D eigenvalue weighted by atomic mass is 35.5. The molecule has 0 bridgehead atoms. The van der Waals surface area contributed by atoms with Gasteiger partial charge in [-0.2, -0.15) is 0 Å². The molecule has 0 saturated carbocycles. The van der Waals surface area contributed by atoms with Crippen LogP contribution < -0.4 is 5.32 Å². The highest BCUT2D eigenvalue weighted by Crippen LogP contribution is 2.29. The van der Waals surface area contributed by atoms with E-state index in [-0.39, 0.29) is 11.3 Å². The van der Waals surface area contributed by atoms with Crippen molar-refractivity contribution < 1.29 is 0 Å². The number of aromatic nitrogens is 3. The minimum atomic E-state index is 0.0905. The van der Waals surface area contributed by atoms with Crippen LogP contribution in [-0.4, -0.2) is 15.0 Å². The normalized spacial score (nSPS) is 12.8. The standard InChI is InChI=1S/C12H11ClN4S2/c1-6-5-19-10(14-6)7(2)15-9-8-3-4-18-11(8)17-12(13)16-9/h3-5,7H,1-2H3,(H,15,16,17). The Morgan fingerprint density at radius 1 is 1.26 bits per heavy atom. The van der Waals surface area contributed by atoms with Crippen molar-refractivity contribution in [1.29, 1.82) is 0 Å². The molecule has 1 unspecified atom stereocenters. The Bertz CT molecular complexity index is 721. The third kappa shape index (κ3) is 2.56. The van der Waals surface area contributed by atoms with Gasteiger partial charge in [0.25, 0.3) is 0 Å². The molecule has 0 spiro atoms. The second kappa shape index (κ2) is 5.03. The molecular formula is C12H11ClN4S2. The summed E-state index contributed by atoms with van der Waals surface area (Å²) in [5.41, 5.74) is 1.04. The van der Waals surface area contributed by atoms with E-state index in [4.69, 9.17) is 11.6 Å². The number of nitrogens with zero attached hydrogens (tertiary/aromatic N) is 3. The SMILES string of the molecule is Cc1csc(C(C)Nc2nc(Cl)nc3sccc23)n1. The number of hydrogen-bond donors (Lipinski definition) is 1. The van der Waals surface area contributed by atoms with Crippen molar-refractivity contribution in [2.45, 2.75) is 19.9 Å². The molecule has 3 aromatic rings. The van der Waals surface area contributed by atoms with Crippen LogP contribution in [0.3, 0.4) is 0 Å². The van der Waals surface area contributed by atoms with Gasteiger partial charge >= 0.3 is 0 Å². The number of thiophene rings is 1. The molecule has 0 aliphatic heterocycles. The zero-order chi connectivity index (χ0) is 13.4. The minimum absolute atomic E-state index is 0.0905. The van der Waals surface area contributed by atoms with E-state index in [9.17, 15) is 0 Å². The average Bonchev–Trinajstić information content (AvgIpc) is 2.97. The lowest BCUT2D eigenvalue weighted by Crippen LogP contribution is -2.08. The number of rotatable bonds is 3. The van der Waals surface area contributed by atoms with Crippen molar-refractivity contribution in [2.24, 2.45) is 0 Å². The third-order valence-corrected chi connectivity index (χ3v) is 4.78. The summed E-state index contributed by atoms with van der Waals surface area (Å²) in [5.74, 6) is 0.761. The Kier molecular flexibility index (Phi) is 3.38. The van der Waals surface area contributed by atoms with Gasteiger partial charge in [-0.1, -0.05) is 0 Å². The van der Waals surface area contributed by atoms with Crippen molar-refractivity contribution >= 4 is 50.3 Å². The van der Waals surface area contributed by atoms with Gasteiger partial charge in [-0.3, -0.25) is 0 Å². The maximum Gasteiger partial charge on any atom is 0.225 e. The third-order valence-electron chi connectivity index (χ3n) is 2.66. The van der Waals surface area contributed by atoms with Crippen molar-refractivity contribution in [2.75, 3.05) is 5.32 Å². The van der Waals surface area contributed by atoms with Crippen molar-refractivity contribution in [3.05, 3.63) is 32.8 Å². The molecule has 0 aliphatic rings. The van der Waals surface area contributed by atoms with E-state index >= 15 is 0 Å². The topological polar surface area (TPSA) is 50.7 Å². The molecule has 0 fully saturated rings. The number of nitrogens with one attached hydrogen (secondary N) is 1. The van der Waals surface area contributed by atoms with E-state index in [0.29, 0.717) is 0 Å². The van der Waals surface area contributed by atoms with Crippen molar-refractivity contribution in [3.8, 4) is 0 Å². The van der Waals surface area contributed by atoms with Crippen LogP contribution in [0, 0.1) is 6.92 Å². The van der Waals surface area contributed by atoms with Crippen LogP contribution in [0.1, 0.15) is 23.7 Å². The van der Waals surface area contributed by atoms with Crippen LogP contribution >= 0.6 is 34.3 Å². The predicted octanol–water partition coefficient (Wildman–Crippen LogP) is 4.28. The average molecular weight is 311 g/mol. The van der Waals surface area contributed by atoms with E-state index in [0.717, 1.165) is 26.7 Å². The summed E-state index contributed by atoms with van der Waals surface area (Å²) in [6.45, 7) is 4.05. The van der Waals surface area contributed by atoms with Crippen LogP contribution in [0.25, 0.3) is 10.2 Å². The first-order valence-corrected chi connectivity index (χ1v) is 7.86. The van der Waals surface area contributed by atoms with E-state index in [2.05, 4.69) is 27.2 Å². The van der Waals surface area contributed by atoms with Crippen LogP contribution in [0.15, 0.2) is 16.8 Å². The van der Waals surface area contributed by atoms with Gasteiger partial charge in [0.05, 0.1) is 11.4 Å². The molecular weight excluding hydrogens is 300 g/mol. The highest BCUT2D eigenvalue weighted by molar-refractivity contribution is 7.16. The molecule has 4 nitrogen and oxygen atoms in total. The first-order valence-electron chi connectivity index (χ1n) is 5.73. The number of anilines is 1. The molecule has 1 N–H and O–H groups in total. The highest BCUT2D eigenvalue weighted by Gasteiger charge is 2.13. The van der Waals surface area contributed by atoms with E-state index in [1.54, 1.807) is 22.7 Å². The summed E-state index contributed by atoms with van der Waals surface area (Å²) >= 11 is 9.14. The molecule has 0 saturated heterocycles. The summed E-state index contributed by atoms with van der Waals surface area (Å²) < 4.78 is 0. The van der Waals surface area contributed by atoms with Crippen LogP contribution in [0.4, 0.5) is 5.82 Å². The Morgan fingerprint density at radius 2 is 2.11 bits per heavy atom. The Labute approximate surface area is 123 Å². The minimum Gasteiger partial charge on any atom is -0.360 e. The Morgan fingerprint density at radius 3 is 2.84 bits per heavy atom. The summed E-state index contributed by atoms with van der Waals surface area (Å²) in [5, 5.41) is 9.68. The molecule has 0 radical (unpaired) electrons. The van der Waals surface area contributed by atoms with Crippen LogP contribution in [-0.2, 0) is 0 Å². The number of hydrogen-bond acceptors (Lipinski definition) is 6. The molecule has 98 valence electrons. The number of aryl methyl sites for hydroxylation is 1. The fraction of sp³-hybridized carbons (Fsp3) is 0.250. The Balaban J connectivity index is 1.94. The molecule has 3 heterocycles. The lowest BCUT2D eigenvalue weighted by atomic mass is 10.3. The lowest BCUT2D eigenvalue weighted by molar-refractivity contribution is 0.857. The van der Waals surface area contributed by atoms with Gasteiger partial charge in [0.1, 0.15) is 15.7 Å². The first kappa shape index (κ1) is 12.8. The van der Waals surface area contributed by atoms with Gasteiger partial charge in [-0.25, -0.2) is 15.0 Å². The fourth-order valence-electron chi connectivity index (χ4n) is 1.78. The maximum atomic E-state index is 5.95. The number of thiazole rings is 1. The zero-order valence-electron chi connectivity index (χ0n) is 10.3.